The number of hydrogen-bond donors (Lipinski definition) is 1. The fraction of sp³-hybridized carbons (Fsp3) is 0.571. The van der Waals surface area contributed by atoms with Crippen LogP contribution in [0, 0.1) is 0 Å². The molecule has 0 saturated heterocycles. The largest absolute Gasteiger partial charge is 0.489 e. The van der Waals surface area contributed by atoms with Crippen molar-refractivity contribution < 1.29 is 22.6 Å². The van der Waals surface area contributed by atoms with Gasteiger partial charge >= 0.3 is 6.18 Å². The summed E-state index contributed by atoms with van der Waals surface area (Å²) < 4.78 is 47.8. The van der Waals surface area contributed by atoms with Crippen LogP contribution in [0.3, 0.4) is 0 Å². The molecule has 1 unspecified atom stereocenters. The Morgan fingerprint density at radius 3 is 2.71 bits per heavy atom. The first-order valence-corrected chi connectivity index (χ1v) is 7.11. The molecule has 0 bridgehead atoms. The van der Waals surface area contributed by atoms with E-state index in [1.807, 2.05) is 0 Å². The van der Waals surface area contributed by atoms with Gasteiger partial charge in [0.1, 0.15) is 0 Å². The first-order valence-electron chi connectivity index (χ1n) is 6.73. The molecule has 2 rings (SSSR count). The summed E-state index contributed by atoms with van der Waals surface area (Å²) in [5.74, 6) is 1.04. The van der Waals surface area contributed by atoms with Crippen molar-refractivity contribution in [1.29, 1.82) is 0 Å². The molecule has 1 aromatic carbocycles. The monoisotopic (exact) mass is 323 g/mol. The van der Waals surface area contributed by atoms with Gasteiger partial charge in [-0.05, 0) is 24.6 Å². The Balaban J connectivity index is 2.01. The van der Waals surface area contributed by atoms with E-state index in [-0.39, 0.29) is 6.54 Å². The Morgan fingerprint density at radius 1 is 1.29 bits per heavy atom. The Hall–Kier alpha value is -1.14. The average Bonchev–Trinajstić information content (AvgIpc) is 2.60. The normalized spacial score (nSPS) is 16.4. The molecule has 0 radical (unpaired) electrons. The summed E-state index contributed by atoms with van der Waals surface area (Å²) in [4.78, 5) is 0. The summed E-state index contributed by atoms with van der Waals surface area (Å²) in [6.07, 6.45) is -4.28. The summed E-state index contributed by atoms with van der Waals surface area (Å²) in [6, 6.07) is 2.77. The molecule has 1 aliphatic heterocycles. The number of fused-ring (bicyclic) bond motifs is 1. The van der Waals surface area contributed by atoms with Gasteiger partial charge in [0.15, 0.2) is 11.5 Å². The van der Waals surface area contributed by atoms with E-state index >= 15 is 0 Å². The second-order valence-corrected chi connectivity index (χ2v) is 5.46. The molecule has 118 valence electrons. The maximum atomic E-state index is 12.3. The molecule has 21 heavy (non-hydrogen) atoms. The second-order valence-electron chi connectivity index (χ2n) is 5.06. The van der Waals surface area contributed by atoms with Gasteiger partial charge in [-0.2, -0.15) is 13.2 Å². The van der Waals surface area contributed by atoms with Crippen molar-refractivity contribution in [3.8, 4) is 11.5 Å². The lowest BCUT2D eigenvalue weighted by molar-refractivity contribution is -0.139. The van der Waals surface area contributed by atoms with Crippen LogP contribution in [0.15, 0.2) is 12.1 Å². The third-order valence-electron chi connectivity index (χ3n) is 3.05. The van der Waals surface area contributed by atoms with E-state index in [4.69, 9.17) is 21.1 Å². The summed E-state index contributed by atoms with van der Waals surface area (Å²) >= 11 is 6.13. The SMILES string of the molecule is CC(CC(F)(F)F)NCc1cc(Cl)c2c(c1)OCCCO2. The van der Waals surface area contributed by atoms with Crippen molar-refractivity contribution in [2.75, 3.05) is 13.2 Å². The third kappa shape index (κ3) is 4.97. The van der Waals surface area contributed by atoms with Crippen molar-refractivity contribution in [2.45, 2.75) is 38.5 Å². The van der Waals surface area contributed by atoms with Gasteiger partial charge in [-0.15, -0.1) is 0 Å². The minimum Gasteiger partial charge on any atom is -0.489 e. The zero-order valence-corrected chi connectivity index (χ0v) is 12.4. The molecule has 0 spiro atoms. The molecule has 0 fully saturated rings. The highest BCUT2D eigenvalue weighted by atomic mass is 35.5. The molecule has 7 heteroatoms. The molecule has 0 amide bonds. The lowest BCUT2D eigenvalue weighted by Gasteiger charge is -2.17. The van der Waals surface area contributed by atoms with Crippen LogP contribution in [-0.2, 0) is 6.54 Å². The zero-order valence-electron chi connectivity index (χ0n) is 11.6. The number of ether oxygens (including phenoxy) is 2. The van der Waals surface area contributed by atoms with Crippen molar-refractivity contribution in [3.63, 3.8) is 0 Å². The second kappa shape index (κ2) is 6.75. The molecule has 1 N–H and O–H groups in total. The van der Waals surface area contributed by atoms with Crippen LogP contribution < -0.4 is 14.8 Å². The molecule has 1 heterocycles. The predicted octanol–water partition coefficient (Wildman–Crippen LogP) is 3.93. The van der Waals surface area contributed by atoms with E-state index in [1.165, 1.54) is 6.92 Å². The van der Waals surface area contributed by atoms with Crippen molar-refractivity contribution >= 4 is 11.6 Å². The van der Waals surface area contributed by atoms with Crippen LogP contribution in [0.4, 0.5) is 13.2 Å². The molecule has 1 aliphatic rings. The lowest BCUT2D eigenvalue weighted by atomic mass is 10.1. The predicted molar refractivity (Wildman–Crippen MR) is 74.0 cm³/mol. The number of nitrogens with one attached hydrogen (secondary N) is 1. The number of hydrogen-bond acceptors (Lipinski definition) is 3. The van der Waals surface area contributed by atoms with Crippen molar-refractivity contribution in [3.05, 3.63) is 22.7 Å². The van der Waals surface area contributed by atoms with Crippen molar-refractivity contribution in [1.82, 2.24) is 5.32 Å². The van der Waals surface area contributed by atoms with E-state index in [2.05, 4.69) is 5.32 Å². The van der Waals surface area contributed by atoms with Gasteiger partial charge in [0.05, 0.1) is 24.7 Å². The van der Waals surface area contributed by atoms with E-state index in [0.717, 1.165) is 12.0 Å². The smallest absolute Gasteiger partial charge is 0.390 e. The lowest BCUT2D eigenvalue weighted by Crippen LogP contribution is -2.30. The number of halogens is 4. The van der Waals surface area contributed by atoms with E-state index < -0.39 is 18.6 Å². The molecule has 1 aromatic rings. The fourth-order valence-corrected chi connectivity index (χ4v) is 2.39. The highest BCUT2D eigenvalue weighted by Crippen LogP contribution is 2.38. The minimum absolute atomic E-state index is 0.285. The maximum Gasteiger partial charge on any atom is 0.390 e. The Kier molecular flexibility index (Phi) is 5.22. The first-order chi connectivity index (χ1) is 9.85. The third-order valence-corrected chi connectivity index (χ3v) is 3.33. The maximum absolute atomic E-state index is 12.3. The van der Waals surface area contributed by atoms with Gasteiger partial charge in [-0.1, -0.05) is 11.6 Å². The number of alkyl halides is 3. The van der Waals surface area contributed by atoms with Crippen LogP contribution in [0.2, 0.25) is 5.02 Å². The van der Waals surface area contributed by atoms with E-state index in [1.54, 1.807) is 12.1 Å². The zero-order chi connectivity index (χ0) is 15.5. The van der Waals surface area contributed by atoms with Gasteiger partial charge in [0.25, 0.3) is 0 Å². The fourth-order valence-electron chi connectivity index (χ4n) is 2.10. The molecule has 1 atom stereocenters. The van der Waals surface area contributed by atoms with Gasteiger partial charge in [-0.25, -0.2) is 0 Å². The summed E-state index contributed by atoms with van der Waals surface area (Å²) in [6.45, 7) is 2.85. The summed E-state index contributed by atoms with van der Waals surface area (Å²) in [5, 5.41) is 3.24. The van der Waals surface area contributed by atoms with Crippen LogP contribution in [-0.4, -0.2) is 25.4 Å². The number of benzene rings is 1. The van der Waals surface area contributed by atoms with E-state index in [9.17, 15) is 13.2 Å². The molecule has 0 aromatic heterocycles. The Morgan fingerprint density at radius 2 is 2.00 bits per heavy atom. The standard InChI is InChI=1S/C14H17ClF3NO2/c1-9(7-14(16,17)18)19-8-10-5-11(15)13-12(6-10)20-3-2-4-21-13/h5-6,9,19H,2-4,7-8H2,1H3. The highest BCUT2D eigenvalue weighted by Gasteiger charge is 2.29. The molecule has 3 nitrogen and oxygen atoms in total. The van der Waals surface area contributed by atoms with Crippen molar-refractivity contribution in [2.24, 2.45) is 0 Å². The van der Waals surface area contributed by atoms with Crippen LogP contribution >= 0.6 is 11.6 Å². The summed E-state index contributed by atoms with van der Waals surface area (Å²) in [7, 11) is 0. The van der Waals surface area contributed by atoms with E-state index in [0.29, 0.717) is 29.7 Å². The van der Waals surface area contributed by atoms with Crippen LogP contribution in [0.1, 0.15) is 25.3 Å². The molecular weight excluding hydrogens is 307 g/mol. The van der Waals surface area contributed by atoms with Gasteiger partial charge < -0.3 is 14.8 Å². The average molecular weight is 324 g/mol. The topological polar surface area (TPSA) is 30.5 Å². The Bertz CT molecular complexity index is 494. The van der Waals surface area contributed by atoms with Gasteiger partial charge in [0, 0.05) is 19.0 Å². The minimum atomic E-state index is -4.17. The molecule has 0 aliphatic carbocycles. The Labute approximate surface area is 126 Å². The highest BCUT2D eigenvalue weighted by molar-refractivity contribution is 6.32. The van der Waals surface area contributed by atoms with Gasteiger partial charge in [-0.3, -0.25) is 0 Å². The van der Waals surface area contributed by atoms with Gasteiger partial charge in [0.2, 0.25) is 0 Å². The first kappa shape index (κ1) is 16.2. The van der Waals surface area contributed by atoms with Crippen LogP contribution in [0.5, 0.6) is 11.5 Å². The quantitative estimate of drug-likeness (QED) is 0.910. The number of rotatable bonds is 4. The molecular formula is C14H17ClF3NO2. The van der Waals surface area contributed by atoms with Crippen LogP contribution in [0.25, 0.3) is 0 Å². The summed E-state index contributed by atoms with van der Waals surface area (Å²) in [5.41, 5.74) is 0.762. The molecule has 0 saturated carbocycles.